The van der Waals surface area contributed by atoms with Crippen molar-refractivity contribution in [3.8, 4) is 0 Å². The number of benzene rings is 2. The van der Waals surface area contributed by atoms with Crippen LogP contribution in [0.3, 0.4) is 0 Å². The van der Waals surface area contributed by atoms with Gasteiger partial charge in [0.05, 0.1) is 11.2 Å². The second-order valence-electron chi connectivity index (χ2n) is 11.2. The maximum Gasteiger partial charge on any atom is 0.258 e. The number of alkyl halides is 2. The molecule has 4 aliphatic rings. The highest BCUT2D eigenvalue weighted by atomic mass is 32.2. The minimum atomic E-state index is -4.03. The highest BCUT2D eigenvalue weighted by Gasteiger charge is 2.58. The van der Waals surface area contributed by atoms with Crippen LogP contribution in [0.5, 0.6) is 0 Å². The smallest absolute Gasteiger partial charge is 0.258 e. The number of halogens is 2. The summed E-state index contributed by atoms with van der Waals surface area (Å²) in [5.41, 5.74) is 2.00. The summed E-state index contributed by atoms with van der Waals surface area (Å²) in [4.78, 5) is 15.4. The summed E-state index contributed by atoms with van der Waals surface area (Å²) in [6.07, 6.45) is 3.04. The summed E-state index contributed by atoms with van der Waals surface area (Å²) < 4.78 is 80.8. The van der Waals surface area contributed by atoms with Crippen LogP contribution in [0.4, 0.5) is 20.2 Å². The lowest BCUT2D eigenvalue weighted by Gasteiger charge is -2.31. The normalized spacial score (nSPS) is 28.2. The van der Waals surface area contributed by atoms with Gasteiger partial charge in [-0.25, -0.2) is 25.6 Å². The van der Waals surface area contributed by atoms with Crippen LogP contribution in [0.1, 0.15) is 48.0 Å². The van der Waals surface area contributed by atoms with E-state index in [4.69, 9.17) is 0 Å². The molecule has 1 saturated heterocycles. The van der Waals surface area contributed by atoms with Gasteiger partial charge in [0.15, 0.2) is 0 Å². The van der Waals surface area contributed by atoms with Crippen molar-refractivity contribution in [3.63, 3.8) is 0 Å². The van der Waals surface area contributed by atoms with Gasteiger partial charge in [0.25, 0.3) is 11.8 Å². The van der Waals surface area contributed by atoms with E-state index < -0.39 is 38.8 Å². The average Bonchev–Trinajstić information content (AvgIpc) is 3.35. The Hall–Kier alpha value is -2.57. The standard InChI is InChI=1S/C26H29F2N3O5S2/c1-37(33,34)29-20-5-6-23-22(13-20)25(14-18-11-19(18)15-25)16-31(23)24(32)17-3-2-4-21(12-17)38(35,36)30-9-7-26(27,28)8-10-30/h2-6,12-13,18-19,29H,7-11,14-16H2,1H3. The predicted octanol–water partition coefficient (Wildman–Crippen LogP) is 3.81. The van der Waals surface area contributed by atoms with E-state index in [0.29, 0.717) is 29.8 Å². The first-order valence-corrected chi connectivity index (χ1v) is 16.0. The maximum absolute atomic E-state index is 13.8. The molecular weight excluding hydrogens is 536 g/mol. The molecule has 38 heavy (non-hydrogen) atoms. The molecule has 0 radical (unpaired) electrons. The molecule has 2 aromatic rings. The second-order valence-corrected chi connectivity index (χ2v) is 14.9. The van der Waals surface area contributed by atoms with Crippen molar-refractivity contribution >= 4 is 37.3 Å². The number of carbonyl (C=O) groups is 1. The minimum absolute atomic E-state index is 0.0995. The third kappa shape index (κ3) is 4.50. The maximum atomic E-state index is 13.8. The van der Waals surface area contributed by atoms with Crippen LogP contribution in [-0.4, -0.2) is 58.9 Å². The Kier molecular flexibility index (Phi) is 5.72. The third-order valence-electron chi connectivity index (χ3n) is 8.42. The molecule has 0 aromatic heterocycles. The number of sulfonamides is 2. The van der Waals surface area contributed by atoms with Crippen molar-refractivity contribution < 1.29 is 30.4 Å². The number of anilines is 2. The molecule has 2 atom stereocenters. The van der Waals surface area contributed by atoms with Crippen LogP contribution >= 0.6 is 0 Å². The van der Waals surface area contributed by atoms with E-state index in [1.807, 2.05) is 6.07 Å². The summed E-state index contributed by atoms with van der Waals surface area (Å²) in [6.45, 7) is -0.113. The van der Waals surface area contributed by atoms with E-state index in [-0.39, 0.29) is 34.9 Å². The van der Waals surface area contributed by atoms with Crippen LogP contribution in [-0.2, 0) is 25.5 Å². The molecule has 3 fully saturated rings. The Balaban J connectivity index is 1.31. The van der Waals surface area contributed by atoms with Crippen LogP contribution in [0.25, 0.3) is 0 Å². The largest absolute Gasteiger partial charge is 0.307 e. The lowest BCUT2D eigenvalue weighted by Crippen LogP contribution is -2.42. The van der Waals surface area contributed by atoms with Crippen molar-refractivity contribution in [1.82, 2.24) is 4.31 Å². The topological polar surface area (TPSA) is 104 Å². The van der Waals surface area contributed by atoms with Crippen LogP contribution < -0.4 is 9.62 Å². The molecule has 2 unspecified atom stereocenters. The molecule has 12 heteroatoms. The first-order valence-electron chi connectivity index (χ1n) is 12.7. The molecule has 2 aliphatic carbocycles. The number of nitrogens with one attached hydrogen (secondary N) is 1. The first kappa shape index (κ1) is 25.7. The molecule has 2 aromatic carbocycles. The van der Waals surface area contributed by atoms with Gasteiger partial charge in [-0.1, -0.05) is 6.07 Å². The zero-order chi connectivity index (χ0) is 27.1. The van der Waals surface area contributed by atoms with E-state index in [9.17, 15) is 30.4 Å². The molecule has 204 valence electrons. The van der Waals surface area contributed by atoms with Crippen molar-refractivity contribution in [2.45, 2.75) is 48.3 Å². The van der Waals surface area contributed by atoms with Gasteiger partial charge < -0.3 is 4.90 Å². The first-order chi connectivity index (χ1) is 17.8. The molecule has 1 N–H and O–H groups in total. The number of carbonyl (C=O) groups excluding carboxylic acids is 1. The van der Waals surface area contributed by atoms with Crippen LogP contribution in [0.2, 0.25) is 0 Å². The molecular formula is C26H29F2N3O5S2. The van der Waals surface area contributed by atoms with Gasteiger partial charge in [-0.3, -0.25) is 9.52 Å². The number of fused-ring (bicyclic) bond motifs is 3. The molecule has 0 bridgehead atoms. The summed E-state index contributed by atoms with van der Waals surface area (Å²) in [6, 6.07) is 10.9. The summed E-state index contributed by atoms with van der Waals surface area (Å²) in [7, 11) is -7.51. The number of piperidine rings is 1. The van der Waals surface area contributed by atoms with E-state index in [1.54, 1.807) is 23.1 Å². The van der Waals surface area contributed by atoms with Crippen LogP contribution in [0.15, 0.2) is 47.4 Å². The van der Waals surface area contributed by atoms with E-state index in [0.717, 1.165) is 29.0 Å². The molecule has 1 spiro atoms. The third-order valence-corrected chi connectivity index (χ3v) is 10.9. The fourth-order valence-electron chi connectivity index (χ4n) is 6.52. The molecule has 1 amide bonds. The lowest BCUT2D eigenvalue weighted by molar-refractivity contribution is -0.0412. The molecule has 8 nitrogen and oxygen atoms in total. The van der Waals surface area contributed by atoms with Gasteiger partial charge in [-0.2, -0.15) is 4.31 Å². The van der Waals surface area contributed by atoms with Crippen molar-refractivity contribution in [1.29, 1.82) is 0 Å². The van der Waals surface area contributed by atoms with Gasteiger partial charge in [-0.15, -0.1) is 0 Å². The van der Waals surface area contributed by atoms with E-state index >= 15 is 0 Å². The van der Waals surface area contributed by atoms with Crippen molar-refractivity contribution in [2.24, 2.45) is 11.8 Å². The average molecular weight is 566 g/mol. The summed E-state index contributed by atoms with van der Waals surface area (Å²) in [5.74, 6) is -2.01. The number of rotatable bonds is 5. The highest BCUT2D eigenvalue weighted by Crippen LogP contribution is 2.64. The number of nitrogens with zero attached hydrogens (tertiary/aromatic N) is 2. The minimum Gasteiger partial charge on any atom is -0.307 e. The van der Waals surface area contributed by atoms with Gasteiger partial charge >= 0.3 is 0 Å². The molecule has 2 heterocycles. The van der Waals surface area contributed by atoms with Crippen molar-refractivity contribution in [2.75, 3.05) is 35.5 Å². The lowest BCUT2D eigenvalue weighted by atomic mass is 9.78. The fourth-order valence-corrected chi connectivity index (χ4v) is 8.57. The highest BCUT2D eigenvalue weighted by molar-refractivity contribution is 7.92. The summed E-state index contributed by atoms with van der Waals surface area (Å²) >= 11 is 0. The Bertz CT molecular complexity index is 1520. The SMILES string of the molecule is CS(=O)(=O)Nc1ccc2c(c1)C1(CC3CC3C1)CN2C(=O)c1cccc(S(=O)(=O)N2CCC(F)(F)CC2)c1. The number of hydrogen-bond donors (Lipinski definition) is 1. The Morgan fingerprint density at radius 1 is 1.00 bits per heavy atom. The zero-order valence-electron chi connectivity index (χ0n) is 20.9. The quantitative estimate of drug-likeness (QED) is 0.594. The van der Waals surface area contributed by atoms with Gasteiger partial charge in [0.2, 0.25) is 20.0 Å². The Morgan fingerprint density at radius 3 is 2.34 bits per heavy atom. The van der Waals surface area contributed by atoms with Gasteiger partial charge in [0, 0.05) is 54.8 Å². The second kappa shape index (κ2) is 8.46. The number of amides is 1. The van der Waals surface area contributed by atoms with E-state index in [1.165, 1.54) is 24.6 Å². The predicted molar refractivity (Wildman–Crippen MR) is 138 cm³/mol. The Morgan fingerprint density at radius 2 is 1.68 bits per heavy atom. The monoisotopic (exact) mass is 565 g/mol. The molecule has 2 saturated carbocycles. The van der Waals surface area contributed by atoms with Gasteiger partial charge in [-0.05, 0) is 73.1 Å². The fraction of sp³-hybridized carbons (Fsp3) is 0.500. The van der Waals surface area contributed by atoms with Crippen LogP contribution in [0, 0.1) is 11.8 Å². The molecule has 6 rings (SSSR count). The Labute approximate surface area is 221 Å². The number of hydrogen-bond acceptors (Lipinski definition) is 5. The van der Waals surface area contributed by atoms with E-state index in [2.05, 4.69) is 4.72 Å². The van der Waals surface area contributed by atoms with Gasteiger partial charge in [0.1, 0.15) is 0 Å². The summed E-state index contributed by atoms with van der Waals surface area (Å²) in [5, 5.41) is 0. The van der Waals surface area contributed by atoms with Crippen molar-refractivity contribution in [3.05, 3.63) is 53.6 Å². The molecule has 2 aliphatic heterocycles. The zero-order valence-corrected chi connectivity index (χ0v) is 22.5.